The quantitative estimate of drug-likeness (QED) is 0.109. The molecule has 11 heteroatoms. The lowest BCUT2D eigenvalue weighted by Gasteiger charge is -2.37. The SMILES string of the molecule is C=CCCC(=O)OC[C@H](NC(=O)[C@@H]1[C@H]2O[C@@]3(CC2Br)[C@H](C(=O)N(CC=C)Cc2ccccc2)N(CCCCO)C(=O)[C@@H]13)c1ccccc1. The highest BCUT2D eigenvalue weighted by Gasteiger charge is 2.76. The Kier molecular flexibility index (Phi) is 11.9. The zero-order valence-corrected chi connectivity index (χ0v) is 28.6. The number of nitrogens with zero attached hydrogens (tertiary/aromatic N) is 2. The van der Waals surface area contributed by atoms with Gasteiger partial charge in [0.1, 0.15) is 18.2 Å². The van der Waals surface area contributed by atoms with Gasteiger partial charge in [0.25, 0.3) is 0 Å². The van der Waals surface area contributed by atoms with E-state index in [1.54, 1.807) is 22.0 Å². The molecule has 48 heavy (non-hydrogen) atoms. The summed E-state index contributed by atoms with van der Waals surface area (Å²) in [6.45, 7) is 8.20. The standard InChI is InChI=1S/C37H44BrN3O7/c1-3-5-18-29(43)47-24-28(26-16-10-7-11-17-26)39-34(44)30-31-35(45)41(20-12-13-21-42)33(37(31)22-27(38)32(30)48-37)36(46)40(19-4-2)23-25-14-8-6-9-15-25/h3-4,6-11,14-17,27-28,30-33,42H,1-2,5,12-13,18-24H2,(H,39,44)/t27?,28-,30-,31+,32-,33-,37+/m0/s1. The summed E-state index contributed by atoms with van der Waals surface area (Å²) >= 11 is 3.74. The first kappa shape index (κ1) is 35.5. The third kappa shape index (κ3) is 7.28. The van der Waals surface area contributed by atoms with Crippen molar-refractivity contribution in [2.75, 3.05) is 26.3 Å². The van der Waals surface area contributed by atoms with Gasteiger partial charge in [0.2, 0.25) is 17.7 Å². The number of ether oxygens (including phenoxy) is 2. The number of carbonyl (C=O) groups excluding carboxylic acids is 4. The predicted molar refractivity (Wildman–Crippen MR) is 184 cm³/mol. The fraction of sp³-hybridized carbons (Fsp3) is 0.459. The number of nitrogens with one attached hydrogen (secondary N) is 1. The molecule has 3 heterocycles. The number of hydrogen-bond acceptors (Lipinski definition) is 7. The van der Waals surface area contributed by atoms with Crippen molar-refractivity contribution in [2.24, 2.45) is 11.8 Å². The summed E-state index contributed by atoms with van der Waals surface area (Å²) in [6.07, 6.45) is 4.63. The van der Waals surface area contributed by atoms with E-state index in [1.807, 2.05) is 60.7 Å². The average molecular weight is 723 g/mol. The number of carbonyl (C=O) groups is 4. The molecule has 2 bridgehead atoms. The molecule has 1 unspecified atom stereocenters. The Labute approximate surface area is 290 Å². The van der Waals surface area contributed by atoms with Gasteiger partial charge in [-0.05, 0) is 36.8 Å². The number of aliphatic hydroxyl groups excluding tert-OH is 1. The summed E-state index contributed by atoms with van der Waals surface area (Å²) in [4.78, 5) is 58.7. The Bertz CT molecular complexity index is 1470. The number of rotatable bonds is 17. The molecular formula is C37H44BrN3O7. The smallest absolute Gasteiger partial charge is 0.306 e. The maximum atomic E-state index is 14.6. The van der Waals surface area contributed by atoms with E-state index in [4.69, 9.17) is 9.47 Å². The maximum Gasteiger partial charge on any atom is 0.306 e. The summed E-state index contributed by atoms with van der Waals surface area (Å²) in [5, 5.41) is 12.6. The number of likely N-dealkylation sites (tertiary alicyclic amines) is 1. The van der Waals surface area contributed by atoms with Crippen LogP contribution in [0.3, 0.4) is 0 Å². The fourth-order valence-corrected chi connectivity index (χ4v) is 8.29. The number of alkyl halides is 1. The van der Waals surface area contributed by atoms with Crippen LogP contribution in [0, 0.1) is 11.8 Å². The average Bonchev–Trinajstić information content (AvgIpc) is 3.69. The summed E-state index contributed by atoms with van der Waals surface area (Å²) in [6, 6.07) is 17.2. The van der Waals surface area contributed by atoms with Gasteiger partial charge >= 0.3 is 5.97 Å². The first-order valence-corrected chi connectivity index (χ1v) is 17.5. The van der Waals surface area contributed by atoms with Gasteiger partial charge in [0.05, 0.1) is 24.0 Å². The van der Waals surface area contributed by atoms with Crippen LogP contribution in [0.2, 0.25) is 0 Å². The van der Waals surface area contributed by atoms with E-state index in [0.717, 1.165) is 11.1 Å². The Morgan fingerprint density at radius 2 is 1.81 bits per heavy atom. The van der Waals surface area contributed by atoms with Gasteiger partial charge in [-0.2, -0.15) is 0 Å². The van der Waals surface area contributed by atoms with Crippen molar-refractivity contribution in [1.82, 2.24) is 15.1 Å². The maximum absolute atomic E-state index is 14.6. The molecule has 2 aromatic carbocycles. The molecule has 5 rings (SSSR count). The predicted octanol–water partition coefficient (Wildman–Crippen LogP) is 4.09. The topological polar surface area (TPSA) is 125 Å². The van der Waals surface area contributed by atoms with Crippen molar-refractivity contribution in [2.45, 2.75) is 67.3 Å². The Balaban J connectivity index is 1.45. The van der Waals surface area contributed by atoms with Crippen LogP contribution in [0.5, 0.6) is 0 Å². The van der Waals surface area contributed by atoms with Crippen LogP contribution >= 0.6 is 15.9 Å². The number of benzene rings is 2. The Morgan fingerprint density at radius 3 is 2.48 bits per heavy atom. The molecule has 10 nitrogen and oxygen atoms in total. The first-order valence-electron chi connectivity index (χ1n) is 16.5. The molecule has 3 aliphatic heterocycles. The van der Waals surface area contributed by atoms with Crippen molar-refractivity contribution in [3.63, 3.8) is 0 Å². The molecule has 0 aliphatic carbocycles. The number of allylic oxidation sites excluding steroid dienone is 1. The molecule has 0 radical (unpaired) electrons. The molecule has 256 valence electrons. The lowest BCUT2D eigenvalue weighted by Crippen LogP contribution is -2.57. The second kappa shape index (κ2) is 16.1. The minimum Gasteiger partial charge on any atom is -0.463 e. The van der Waals surface area contributed by atoms with Gasteiger partial charge in [-0.15, -0.1) is 13.2 Å². The van der Waals surface area contributed by atoms with Gasteiger partial charge in [-0.3, -0.25) is 19.2 Å². The lowest BCUT2D eigenvalue weighted by molar-refractivity contribution is -0.148. The third-order valence-electron chi connectivity index (χ3n) is 9.49. The Morgan fingerprint density at radius 1 is 1.10 bits per heavy atom. The van der Waals surface area contributed by atoms with Crippen molar-refractivity contribution in [1.29, 1.82) is 0 Å². The number of hydrogen-bond donors (Lipinski definition) is 2. The number of fused-ring (bicyclic) bond motifs is 1. The molecule has 0 saturated carbocycles. The molecule has 1 spiro atoms. The van der Waals surface area contributed by atoms with Gasteiger partial charge in [0, 0.05) is 37.5 Å². The minimum absolute atomic E-state index is 0.0437. The highest BCUT2D eigenvalue weighted by molar-refractivity contribution is 9.09. The van der Waals surface area contributed by atoms with E-state index >= 15 is 0 Å². The largest absolute Gasteiger partial charge is 0.463 e. The van der Waals surface area contributed by atoms with Gasteiger partial charge in [-0.25, -0.2) is 0 Å². The van der Waals surface area contributed by atoms with Crippen molar-refractivity contribution < 1.29 is 33.8 Å². The molecule has 3 aliphatic rings. The molecule has 0 aromatic heterocycles. The number of esters is 1. The molecular weight excluding hydrogens is 678 g/mol. The van der Waals surface area contributed by atoms with E-state index in [9.17, 15) is 24.3 Å². The van der Waals surface area contributed by atoms with Gasteiger partial charge in [-0.1, -0.05) is 88.7 Å². The first-order chi connectivity index (χ1) is 23.2. The van der Waals surface area contributed by atoms with Crippen molar-refractivity contribution >= 4 is 39.6 Å². The minimum atomic E-state index is -1.23. The van der Waals surface area contributed by atoms with Crippen molar-refractivity contribution in [3.05, 3.63) is 97.1 Å². The summed E-state index contributed by atoms with van der Waals surface area (Å²) < 4.78 is 12.2. The second-order valence-electron chi connectivity index (χ2n) is 12.6. The van der Waals surface area contributed by atoms with E-state index in [0.29, 0.717) is 32.2 Å². The Hall–Kier alpha value is -3.80. The third-order valence-corrected chi connectivity index (χ3v) is 10.3. The van der Waals surface area contributed by atoms with E-state index < -0.39 is 47.5 Å². The normalized spacial score (nSPS) is 26.1. The van der Waals surface area contributed by atoms with Crippen LogP contribution < -0.4 is 5.32 Å². The van der Waals surface area contributed by atoms with E-state index in [2.05, 4.69) is 34.4 Å². The highest BCUT2D eigenvalue weighted by atomic mass is 79.9. The van der Waals surface area contributed by atoms with E-state index in [1.165, 1.54) is 0 Å². The van der Waals surface area contributed by atoms with Crippen LogP contribution in [0.1, 0.15) is 49.3 Å². The summed E-state index contributed by atoms with van der Waals surface area (Å²) in [7, 11) is 0. The molecule has 7 atom stereocenters. The summed E-state index contributed by atoms with van der Waals surface area (Å²) in [5.41, 5.74) is 0.445. The number of aliphatic hydroxyl groups is 1. The zero-order chi connectivity index (χ0) is 34.3. The summed E-state index contributed by atoms with van der Waals surface area (Å²) in [5.74, 6) is -3.17. The lowest BCUT2D eigenvalue weighted by atomic mass is 9.70. The second-order valence-corrected chi connectivity index (χ2v) is 13.8. The van der Waals surface area contributed by atoms with Gasteiger partial charge in [0.15, 0.2) is 0 Å². The zero-order valence-electron chi connectivity index (χ0n) is 27.0. The number of unbranched alkanes of at least 4 members (excludes halogenated alkanes) is 1. The highest BCUT2D eigenvalue weighted by Crippen LogP contribution is 2.60. The molecule has 3 fully saturated rings. The monoisotopic (exact) mass is 721 g/mol. The number of halogens is 1. The van der Waals surface area contributed by atoms with Crippen LogP contribution in [0.25, 0.3) is 0 Å². The number of amides is 3. The van der Waals surface area contributed by atoms with Crippen molar-refractivity contribution in [3.8, 4) is 0 Å². The van der Waals surface area contributed by atoms with Crippen LogP contribution in [-0.4, -0.2) is 87.5 Å². The van der Waals surface area contributed by atoms with E-state index in [-0.39, 0.29) is 49.4 Å². The molecule has 3 saturated heterocycles. The fourth-order valence-electron chi connectivity index (χ4n) is 7.35. The molecule has 2 aromatic rings. The molecule has 3 amide bonds. The van der Waals surface area contributed by atoms with Crippen LogP contribution in [0.15, 0.2) is 86.0 Å². The van der Waals surface area contributed by atoms with Crippen LogP contribution in [-0.2, 0) is 35.2 Å². The molecule has 2 N–H and O–H groups in total. The van der Waals surface area contributed by atoms with Gasteiger partial charge < -0.3 is 29.7 Å². The van der Waals surface area contributed by atoms with Crippen LogP contribution in [0.4, 0.5) is 0 Å².